The summed E-state index contributed by atoms with van der Waals surface area (Å²) in [6.45, 7) is 4.20. The molecule has 0 aromatic heterocycles. The highest BCUT2D eigenvalue weighted by Gasteiger charge is 2.19. The van der Waals surface area contributed by atoms with E-state index in [1.165, 1.54) is 24.0 Å². The molecule has 2 aromatic rings. The molecule has 1 saturated heterocycles. The monoisotopic (exact) mass is 391 g/mol. The second-order valence-electron chi connectivity index (χ2n) is 7.68. The highest BCUT2D eigenvalue weighted by atomic mass is 16.5. The second kappa shape index (κ2) is 10.8. The van der Waals surface area contributed by atoms with Gasteiger partial charge in [0.15, 0.2) is 0 Å². The van der Waals surface area contributed by atoms with E-state index in [4.69, 9.17) is 10.00 Å². The first-order chi connectivity index (χ1) is 14.2. The molecule has 2 aromatic carbocycles. The number of nitrogens with zero attached hydrogens (tertiary/aromatic N) is 2. The van der Waals surface area contributed by atoms with Gasteiger partial charge in [-0.15, -0.1) is 0 Å². The Bertz CT molecular complexity index is 817. The van der Waals surface area contributed by atoms with Crippen LogP contribution in [0.5, 0.6) is 0 Å². The number of benzene rings is 2. The Kier molecular flexibility index (Phi) is 7.80. The van der Waals surface area contributed by atoms with E-state index in [9.17, 15) is 4.79 Å². The number of piperidine rings is 1. The Morgan fingerprint density at radius 2 is 1.76 bits per heavy atom. The van der Waals surface area contributed by atoms with Crippen molar-refractivity contribution in [2.75, 3.05) is 33.4 Å². The molecule has 1 aliphatic rings. The SMILES string of the molecule is COCCNC(=O)c1ccc(CC2CCN(Cc3ccc(C#N)cc3)CC2)cc1. The van der Waals surface area contributed by atoms with Crippen LogP contribution in [0.3, 0.4) is 0 Å². The van der Waals surface area contributed by atoms with Crippen molar-refractivity contribution in [1.29, 1.82) is 5.26 Å². The van der Waals surface area contributed by atoms with Crippen molar-refractivity contribution in [2.24, 2.45) is 5.92 Å². The maximum absolute atomic E-state index is 12.1. The van der Waals surface area contributed by atoms with E-state index in [1.807, 2.05) is 24.3 Å². The van der Waals surface area contributed by atoms with E-state index in [1.54, 1.807) is 7.11 Å². The van der Waals surface area contributed by atoms with Crippen molar-refractivity contribution in [1.82, 2.24) is 10.2 Å². The van der Waals surface area contributed by atoms with Gasteiger partial charge < -0.3 is 10.1 Å². The van der Waals surface area contributed by atoms with Crippen LogP contribution in [0.15, 0.2) is 48.5 Å². The van der Waals surface area contributed by atoms with Crippen LogP contribution in [-0.4, -0.2) is 44.2 Å². The van der Waals surface area contributed by atoms with Crippen molar-refractivity contribution >= 4 is 5.91 Å². The van der Waals surface area contributed by atoms with Crippen molar-refractivity contribution in [3.63, 3.8) is 0 Å². The number of likely N-dealkylation sites (tertiary alicyclic amines) is 1. The van der Waals surface area contributed by atoms with Gasteiger partial charge >= 0.3 is 0 Å². The molecule has 0 aliphatic carbocycles. The summed E-state index contributed by atoms with van der Waals surface area (Å²) in [5.41, 5.74) is 3.97. The zero-order valence-electron chi connectivity index (χ0n) is 17.1. The van der Waals surface area contributed by atoms with Crippen molar-refractivity contribution in [2.45, 2.75) is 25.8 Å². The third-order valence-corrected chi connectivity index (χ3v) is 5.53. The quantitative estimate of drug-likeness (QED) is 0.701. The molecule has 0 saturated carbocycles. The van der Waals surface area contributed by atoms with Gasteiger partial charge in [-0.1, -0.05) is 24.3 Å². The summed E-state index contributed by atoms with van der Waals surface area (Å²) in [7, 11) is 1.62. The maximum atomic E-state index is 12.1. The van der Waals surface area contributed by atoms with Gasteiger partial charge in [-0.25, -0.2) is 0 Å². The Morgan fingerprint density at radius 3 is 2.38 bits per heavy atom. The molecule has 1 amide bonds. The minimum Gasteiger partial charge on any atom is -0.383 e. The van der Waals surface area contributed by atoms with E-state index >= 15 is 0 Å². The molecule has 29 heavy (non-hydrogen) atoms. The van der Waals surface area contributed by atoms with Crippen LogP contribution in [-0.2, 0) is 17.7 Å². The lowest BCUT2D eigenvalue weighted by atomic mass is 9.89. The van der Waals surface area contributed by atoms with E-state index in [-0.39, 0.29) is 5.91 Å². The summed E-state index contributed by atoms with van der Waals surface area (Å²) in [5, 5.41) is 11.7. The standard InChI is InChI=1S/C24H29N3O2/c1-29-15-12-26-24(28)23-8-6-19(7-9-23)16-20-10-13-27(14-11-20)18-22-4-2-21(17-25)3-5-22/h2-9,20H,10-16,18H2,1H3,(H,26,28). The lowest BCUT2D eigenvalue weighted by Crippen LogP contribution is -2.33. The van der Waals surface area contributed by atoms with Crippen LogP contribution in [0.2, 0.25) is 0 Å². The molecular weight excluding hydrogens is 362 g/mol. The number of hydrogen-bond acceptors (Lipinski definition) is 4. The fraction of sp³-hybridized carbons (Fsp3) is 0.417. The summed E-state index contributed by atoms with van der Waals surface area (Å²) in [4.78, 5) is 14.5. The van der Waals surface area contributed by atoms with E-state index < -0.39 is 0 Å². The number of carbonyl (C=O) groups excluding carboxylic acids is 1. The smallest absolute Gasteiger partial charge is 0.251 e. The first-order valence-electron chi connectivity index (χ1n) is 10.3. The zero-order valence-corrected chi connectivity index (χ0v) is 17.1. The molecule has 0 unspecified atom stereocenters. The summed E-state index contributed by atoms with van der Waals surface area (Å²) in [6, 6.07) is 18.0. The molecular formula is C24H29N3O2. The topological polar surface area (TPSA) is 65.4 Å². The average Bonchev–Trinajstić information content (AvgIpc) is 2.76. The number of ether oxygens (including phenoxy) is 1. The highest BCUT2D eigenvalue weighted by Crippen LogP contribution is 2.23. The average molecular weight is 392 g/mol. The Balaban J connectivity index is 1.43. The first-order valence-corrected chi connectivity index (χ1v) is 10.3. The highest BCUT2D eigenvalue weighted by molar-refractivity contribution is 5.94. The third-order valence-electron chi connectivity index (χ3n) is 5.53. The van der Waals surface area contributed by atoms with Gasteiger partial charge in [0.05, 0.1) is 18.2 Å². The molecule has 0 radical (unpaired) electrons. The van der Waals surface area contributed by atoms with E-state index in [2.05, 4.69) is 40.6 Å². The zero-order chi connectivity index (χ0) is 20.5. The summed E-state index contributed by atoms with van der Waals surface area (Å²) in [5.74, 6) is 0.637. The summed E-state index contributed by atoms with van der Waals surface area (Å²) >= 11 is 0. The molecule has 1 fully saturated rings. The van der Waals surface area contributed by atoms with Gasteiger partial charge in [0.2, 0.25) is 0 Å². The van der Waals surface area contributed by atoms with Gasteiger partial charge in [-0.3, -0.25) is 9.69 Å². The van der Waals surface area contributed by atoms with Crippen molar-refractivity contribution in [3.8, 4) is 6.07 Å². The molecule has 1 aliphatic heterocycles. The van der Waals surface area contributed by atoms with Crippen LogP contribution in [0, 0.1) is 17.2 Å². The molecule has 0 bridgehead atoms. The number of nitrogens with one attached hydrogen (secondary N) is 1. The van der Waals surface area contributed by atoms with Gasteiger partial charge in [-0.05, 0) is 73.7 Å². The minimum absolute atomic E-state index is 0.0512. The summed E-state index contributed by atoms with van der Waals surface area (Å²) in [6.07, 6.45) is 3.45. The number of methoxy groups -OCH3 is 1. The van der Waals surface area contributed by atoms with Crippen molar-refractivity contribution in [3.05, 3.63) is 70.8 Å². The third kappa shape index (κ3) is 6.42. The van der Waals surface area contributed by atoms with E-state index in [0.29, 0.717) is 30.2 Å². The van der Waals surface area contributed by atoms with Crippen LogP contribution < -0.4 is 5.32 Å². The van der Waals surface area contributed by atoms with Crippen LogP contribution >= 0.6 is 0 Å². The predicted octanol–water partition coefficient (Wildman–Crippen LogP) is 3.39. The Hall–Kier alpha value is -2.68. The fourth-order valence-electron chi connectivity index (χ4n) is 3.79. The molecule has 1 N–H and O–H groups in total. The summed E-state index contributed by atoms with van der Waals surface area (Å²) < 4.78 is 4.95. The number of nitriles is 1. The number of amides is 1. The van der Waals surface area contributed by atoms with Gasteiger partial charge in [0.1, 0.15) is 0 Å². The van der Waals surface area contributed by atoms with Crippen LogP contribution in [0.25, 0.3) is 0 Å². The van der Waals surface area contributed by atoms with Crippen LogP contribution in [0.1, 0.15) is 39.9 Å². The number of rotatable bonds is 8. The van der Waals surface area contributed by atoms with Crippen LogP contribution in [0.4, 0.5) is 0 Å². The molecule has 152 valence electrons. The predicted molar refractivity (Wildman–Crippen MR) is 114 cm³/mol. The lowest BCUT2D eigenvalue weighted by molar-refractivity contribution is 0.0937. The minimum atomic E-state index is -0.0512. The first kappa shape index (κ1) is 21.0. The maximum Gasteiger partial charge on any atom is 0.251 e. The Morgan fingerprint density at radius 1 is 1.10 bits per heavy atom. The number of hydrogen-bond donors (Lipinski definition) is 1. The van der Waals surface area contributed by atoms with Crippen molar-refractivity contribution < 1.29 is 9.53 Å². The van der Waals surface area contributed by atoms with Gasteiger partial charge in [-0.2, -0.15) is 5.26 Å². The normalized spacial score (nSPS) is 15.0. The molecule has 0 spiro atoms. The molecule has 3 rings (SSSR count). The largest absolute Gasteiger partial charge is 0.383 e. The fourth-order valence-corrected chi connectivity index (χ4v) is 3.79. The number of carbonyl (C=O) groups is 1. The second-order valence-corrected chi connectivity index (χ2v) is 7.68. The van der Waals surface area contributed by atoms with Gasteiger partial charge in [0, 0.05) is 25.8 Å². The van der Waals surface area contributed by atoms with Gasteiger partial charge in [0.25, 0.3) is 5.91 Å². The molecule has 5 heteroatoms. The Labute approximate surface area is 173 Å². The molecule has 5 nitrogen and oxygen atoms in total. The molecule has 0 atom stereocenters. The van der Waals surface area contributed by atoms with E-state index in [0.717, 1.165) is 26.1 Å². The lowest BCUT2D eigenvalue weighted by Gasteiger charge is -2.32. The molecule has 1 heterocycles.